The molecular weight excluding hydrogens is 141 g/mol. The van der Waals surface area contributed by atoms with Crippen molar-refractivity contribution in [3.05, 3.63) is 11.9 Å². The highest BCUT2D eigenvalue weighted by Crippen LogP contribution is 2.00. The Kier molecular flexibility index (Phi) is 2.43. The van der Waals surface area contributed by atoms with Crippen LogP contribution in [0.4, 0.5) is 5.82 Å². The highest BCUT2D eigenvalue weighted by molar-refractivity contribution is 6.30. The third-order valence-corrected chi connectivity index (χ3v) is 1.25. The van der Waals surface area contributed by atoms with Crippen LogP contribution in [0.5, 0.6) is 0 Å². The van der Waals surface area contributed by atoms with E-state index in [1.54, 1.807) is 0 Å². The Labute approximate surface area is 65.9 Å². The number of nitrogens with zero attached hydrogens (tertiary/aromatic N) is 2. The Hall–Kier alpha value is -1.10. The molecule has 11 heavy (non-hydrogen) atoms. The van der Waals surface area contributed by atoms with Crippen molar-refractivity contribution in [3.8, 4) is 0 Å². The Balaban J connectivity index is 2.90. The van der Waals surface area contributed by atoms with Crippen molar-refractivity contribution >= 4 is 19.3 Å². The zero-order chi connectivity index (χ0) is 8.27. The smallest absolute Gasteiger partial charge is 0.144 e. The number of anilines is 1. The van der Waals surface area contributed by atoms with Crippen molar-refractivity contribution in [2.75, 3.05) is 12.3 Å². The minimum Gasteiger partial charge on any atom is -0.396 e. The molecule has 0 aromatic carbocycles. The van der Waals surface area contributed by atoms with Gasteiger partial charge in [-0.2, -0.15) is 0 Å². The molecule has 56 valence electrons. The van der Waals surface area contributed by atoms with Gasteiger partial charge in [0.25, 0.3) is 0 Å². The van der Waals surface area contributed by atoms with Gasteiger partial charge in [0, 0.05) is 24.8 Å². The van der Waals surface area contributed by atoms with Gasteiger partial charge in [0.2, 0.25) is 0 Å². The van der Waals surface area contributed by atoms with Gasteiger partial charge in [0.15, 0.2) is 0 Å². The first-order valence-electron chi connectivity index (χ1n) is 3.21. The molecule has 0 spiro atoms. The molecule has 1 rings (SSSR count). The van der Waals surface area contributed by atoms with E-state index in [0.29, 0.717) is 23.5 Å². The lowest BCUT2D eigenvalue weighted by Gasteiger charge is -2.01. The Morgan fingerprint density at radius 2 is 2.36 bits per heavy atom. The molecule has 1 heterocycles. The summed E-state index contributed by atoms with van der Waals surface area (Å²) in [7, 11) is 5.31. The number of aliphatic hydroxyl groups excluding tert-OH is 1. The molecule has 1 aromatic rings. The van der Waals surface area contributed by atoms with Crippen LogP contribution < -0.4 is 11.3 Å². The molecule has 0 bridgehead atoms. The van der Waals surface area contributed by atoms with E-state index in [4.69, 9.17) is 18.7 Å². The van der Waals surface area contributed by atoms with Gasteiger partial charge < -0.3 is 10.8 Å². The van der Waals surface area contributed by atoms with Gasteiger partial charge >= 0.3 is 0 Å². The fraction of sp³-hybridized carbons (Fsp3) is 0.333. The first-order chi connectivity index (χ1) is 5.24. The fourth-order valence-electron chi connectivity index (χ4n) is 0.741. The summed E-state index contributed by atoms with van der Waals surface area (Å²) >= 11 is 0. The van der Waals surface area contributed by atoms with Crippen molar-refractivity contribution in [1.82, 2.24) is 9.97 Å². The van der Waals surface area contributed by atoms with E-state index < -0.39 is 0 Å². The highest BCUT2D eigenvalue weighted by atomic mass is 16.3. The summed E-state index contributed by atoms with van der Waals surface area (Å²) in [6.45, 7) is 0.0167. The van der Waals surface area contributed by atoms with Crippen LogP contribution in [0.25, 0.3) is 0 Å². The van der Waals surface area contributed by atoms with Gasteiger partial charge in [-0.1, -0.05) is 0 Å². The van der Waals surface area contributed by atoms with Crippen molar-refractivity contribution < 1.29 is 5.11 Å². The maximum Gasteiger partial charge on any atom is 0.144 e. The normalized spacial score (nSPS) is 9.91. The summed E-state index contributed by atoms with van der Waals surface area (Å²) in [5, 5.41) is 8.56. The molecular formula is C6H8BN3O. The van der Waals surface area contributed by atoms with E-state index >= 15 is 0 Å². The van der Waals surface area contributed by atoms with Crippen molar-refractivity contribution in [1.29, 1.82) is 0 Å². The van der Waals surface area contributed by atoms with E-state index in [2.05, 4.69) is 9.97 Å². The predicted octanol–water partition coefficient (Wildman–Crippen LogP) is -1.61. The Morgan fingerprint density at radius 1 is 1.64 bits per heavy atom. The van der Waals surface area contributed by atoms with Crippen LogP contribution in [-0.4, -0.2) is 29.5 Å². The summed E-state index contributed by atoms with van der Waals surface area (Å²) < 4.78 is 0. The second-order valence-corrected chi connectivity index (χ2v) is 2.10. The lowest BCUT2D eigenvalue weighted by Crippen LogP contribution is -2.14. The van der Waals surface area contributed by atoms with Crippen molar-refractivity contribution in [2.45, 2.75) is 6.42 Å². The number of hydrogen-bond donors (Lipinski definition) is 2. The number of rotatable bonds is 2. The van der Waals surface area contributed by atoms with Gasteiger partial charge in [-0.15, -0.1) is 0 Å². The zero-order valence-corrected chi connectivity index (χ0v) is 5.99. The maximum atomic E-state index is 8.56. The average molecular weight is 149 g/mol. The monoisotopic (exact) mass is 149 g/mol. The lowest BCUT2D eigenvalue weighted by atomic mass is 10.1. The van der Waals surface area contributed by atoms with E-state index in [0.717, 1.165) is 0 Å². The molecule has 0 atom stereocenters. The molecule has 0 fully saturated rings. The second-order valence-electron chi connectivity index (χ2n) is 2.10. The van der Waals surface area contributed by atoms with Crippen molar-refractivity contribution in [2.24, 2.45) is 0 Å². The first-order valence-corrected chi connectivity index (χ1v) is 3.21. The number of nitrogen functional groups attached to an aromatic ring is 1. The zero-order valence-electron chi connectivity index (χ0n) is 5.99. The number of aliphatic hydroxyl groups is 1. The van der Waals surface area contributed by atoms with Gasteiger partial charge in [-0.05, 0) is 0 Å². The summed E-state index contributed by atoms with van der Waals surface area (Å²) in [4.78, 5) is 7.67. The fourth-order valence-corrected chi connectivity index (χ4v) is 0.741. The van der Waals surface area contributed by atoms with Gasteiger partial charge in [-0.3, -0.25) is 4.98 Å². The van der Waals surface area contributed by atoms with Crippen LogP contribution in [0.15, 0.2) is 6.20 Å². The Bertz CT molecular complexity index is 254. The molecule has 5 heteroatoms. The summed E-state index contributed by atoms with van der Waals surface area (Å²) in [6, 6.07) is 0. The van der Waals surface area contributed by atoms with Crippen LogP contribution >= 0.6 is 0 Å². The molecule has 0 aliphatic rings. The summed E-state index contributed by atoms with van der Waals surface area (Å²) in [5.74, 6) is 0.291. The van der Waals surface area contributed by atoms with Crippen LogP contribution in [0.2, 0.25) is 0 Å². The number of aromatic nitrogens is 2. The van der Waals surface area contributed by atoms with E-state index in [9.17, 15) is 0 Å². The number of hydrogen-bond acceptors (Lipinski definition) is 4. The maximum absolute atomic E-state index is 8.56. The second kappa shape index (κ2) is 3.34. The molecule has 0 amide bonds. The predicted molar refractivity (Wildman–Crippen MR) is 42.6 cm³/mol. The molecule has 3 N–H and O–H groups in total. The molecule has 0 saturated carbocycles. The standard InChI is InChI=1S/C6H8BN3O/c7-5-3-9-4(1-2-11)6(8)10-5/h3,11H,1-2H2,(H2,8,10). The van der Waals surface area contributed by atoms with Crippen LogP contribution in [0.1, 0.15) is 5.69 Å². The van der Waals surface area contributed by atoms with Gasteiger partial charge in [0.05, 0.1) is 5.69 Å². The van der Waals surface area contributed by atoms with Crippen LogP contribution in [-0.2, 0) is 6.42 Å². The summed E-state index contributed by atoms with van der Waals surface area (Å²) in [6.07, 6.45) is 1.83. The Morgan fingerprint density at radius 3 is 2.91 bits per heavy atom. The molecule has 1 aromatic heterocycles. The van der Waals surface area contributed by atoms with E-state index in [1.807, 2.05) is 0 Å². The lowest BCUT2D eigenvalue weighted by molar-refractivity contribution is 0.298. The SMILES string of the molecule is [B]c1cnc(CCO)c(N)n1. The minimum atomic E-state index is 0.0167. The molecule has 0 unspecified atom stereocenters. The summed E-state index contributed by atoms with van der Waals surface area (Å²) in [5.41, 5.74) is 6.32. The molecule has 0 aliphatic carbocycles. The number of nitrogens with two attached hydrogens (primary N) is 1. The highest BCUT2D eigenvalue weighted by Gasteiger charge is 2.00. The van der Waals surface area contributed by atoms with E-state index in [-0.39, 0.29) is 6.61 Å². The largest absolute Gasteiger partial charge is 0.396 e. The third-order valence-electron chi connectivity index (χ3n) is 1.25. The van der Waals surface area contributed by atoms with Gasteiger partial charge in [-0.25, -0.2) is 4.98 Å². The van der Waals surface area contributed by atoms with Crippen LogP contribution in [0, 0.1) is 0 Å². The topological polar surface area (TPSA) is 72.0 Å². The van der Waals surface area contributed by atoms with Crippen molar-refractivity contribution in [3.63, 3.8) is 0 Å². The van der Waals surface area contributed by atoms with E-state index in [1.165, 1.54) is 6.20 Å². The molecule has 4 nitrogen and oxygen atoms in total. The van der Waals surface area contributed by atoms with Gasteiger partial charge in [0.1, 0.15) is 13.7 Å². The minimum absolute atomic E-state index is 0.0167. The molecule has 0 saturated heterocycles. The molecule has 2 radical (unpaired) electrons. The molecule has 0 aliphatic heterocycles. The quantitative estimate of drug-likeness (QED) is 0.496. The van der Waals surface area contributed by atoms with Crippen LogP contribution in [0.3, 0.4) is 0 Å². The average Bonchev–Trinajstić information content (AvgIpc) is 1.95. The third kappa shape index (κ3) is 1.91. The first kappa shape index (κ1) is 8.01.